The number of aliphatic hydroxyl groups excluding tert-OH is 1. The van der Waals surface area contributed by atoms with E-state index >= 15 is 0 Å². The Kier molecular flexibility index (Phi) is 3.50. The Hall–Kier alpha value is -1.46. The monoisotopic (exact) mass is 306 g/mol. The van der Waals surface area contributed by atoms with Crippen molar-refractivity contribution in [3.8, 4) is 0 Å². The van der Waals surface area contributed by atoms with Gasteiger partial charge in [0.15, 0.2) is 5.13 Å². The number of para-hydroxylation sites is 1. The molecule has 0 aliphatic heterocycles. The minimum absolute atomic E-state index is 0.0499. The zero-order chi connectivity index (χ0) is 15.2. The third-order valence-electron chi connectivity index (χ3n) is 3.91. The van der Waals surface area contributed by atoms with Crippen LogP contribution < -0.4 is 4.90 Å². The van der Waals surface area contributed by atoms with Gasteiger partial charge in [0, 0.05) is 7.05 Å². The van der Waals surface area contributed by atoms with Crippen molar-refractivity contribution in [2.75, 3.05) is 11.9 Å². The maximum absolute atomic E-state index is 13.9. The van der Waals surface area contributed by atoms with Crippen LogP contribution in [0.3, 0.4) is 0 Å². The predicted octanol–water partition coefficient (Wildman–Crippen LogP) is 4.06. The highest BCUT2D eigenvalue weighted by Gasteiger charge is 2.34. The van der Waals surface area contributed by atoms with Gasteiger partial charge in [0.25, 0.3) is 0 Å². The summed E-state index contributed by atoms with van der Waals surface area (Å²) in [6.45, 7) is 4.28. The van der Waals surface area contributed by atoms with Crippen LogP contribution in [0.2, 0.25) is 0 Å². The van der Waals surface area contributed by atoms with Gasteiger partial charge in [0.1, 0.15) is 5.82 Å². The summed E-state index contributed by atoms with van der Waals surface area (Å²) in [5.41, 5.74) is 1.49. The number of benzene rings is 1. The van der Waals surface area contributed by atoms with Crippen molar-refractivity contribution in [2.45, 2.75) is 32.8 Å². The van der Waals surface area contributed by atoms with E-state index in [0.717, 1.165) is 28.5 Å². The predicted molar refractivity (Wildman–Crippen MR) is 83.6 cm³/mol. The van der Waals surface area contributed by atoms with E-state index in [1.807, 2.05) is 0 Å². The molecular formula is C16H19FN2OS. The van der Waals surface area contributed by atoms with Crippen molar-refractivity contribution >= 4 is 22.2 Å². The number of nitrogens with zero attached hydrogens (tertiary/aromatic N) is 2. The zero-order valence-electron chi connectivity index (χ0n) is 12.4. The molecular weight excluding hydrogens is 287 g/mol. The van der Waals surface area contributed by atoms with E-state index < -0.39 is 6.10 Å². The number of hydrogen-bond acceptors (Lipinski definition) is 4. The van der Waals surface area contributed by atoms with Crippen molar-refractivity contribution in [2.24, 2.45) is 5.41 Å². The largest absolute Gasteiger partial charge is 0.387 e. The van der Waals surface area contributed by atoms with Gasteiger partial charge >= 0.3 is 0 Å². The molecule has 0 spiro atoms. The Morgan fingerprint density at radius 2 is 2.10 bits per heavy atom. The SMILES string of the molecule is CN(c1nc2c(s1)C(O)CC(C)(C)C2)c1ccccc1F. The molecule has 0 bridgehead atoms. The summed E-state index contributed by atoms with van der Waals surface area (Å²) in [7, 11) is 1.81. The average molecular weight is 306 g/mol. The molecule has 5 heteroatoms. The standard InChI is InChI=1S/C16H19FN2OS/c1-16(2)8-11-14(13(20)9-16)21-15(18-11)19(3)12-7-5-4-6-10(12)17/h4-7,13,20H,8-9H2,1-3H3. The second-order valence-electron chi connectivity index (χ2n) is 6.38. The second-order valence-corrected chi connectivity index (χ2v) is 7.39. The maximum Gasteiger partial charge on any atom is 0.190 e. The zero-order valence-corrected chi connectivity index (χ0v) is 13.2. The smallest absolute Gasteiger partial charge is 0.190 e. The Morgan fingerprint density at radius 3 is 2.81 bits per heavy atom. The van der Waals surface area contributed by atoms with Gasteiger partial charge in [0.05, 0.1) is 22.4 Å². The number of aromatic nitrogens is 1. The lowest BCUT2D eigenvalue weighted by molar-refractivity contribution is 0.102. The van der Waals surface area contributed by atoms with Gasteiger partial charge in [-0.2, -0.15) is 0 Å². The first kappa shape index (κ1) is 14.5. The van der Waals surface area contributed by atoms with Crippen molar-refractivity contribution in [3.05, 3.63) is 40.7 Å². The lowest BCUT2D eigenvalue weighted by atomic mass is 9.77. The number of fused-ring (bicyclic) bond motifs is 1. The first-order chi connectivity index (χ1) is 9.87. The van der Waals surface area contributed by atoms with Crippen LogP contribution >= 0.6 is 11.3 Å². The number of anilines is 2. The molecule has 1 heterocycles. The molecule has 2 aromatic rings. The van der Waals surface area contributed by atoms with Crippen LogP contribution in [0.15, 0.2) is 24.3 Å². The lowest BCUT2D eigenvalue weighted by Gasteiger charge is -2.31. The van der Waals surface area contributed by atoms with Crippen LogP contribution in [0.4, 0.5) is 15.2 Å². The van der Waals surface area contributed by atoms with E-state index in [-0.39, 0.29) is 11.2 Å². The molecule has 1 aromatic carbocycles. The lowest BCUT2D eigenvalue weighted by Crippen LogP contribution is -2.24. The van der Waals surface area contributed by atoms with E-state index in [9.17, 15) is 9.50 Å². The van der Waals surface area contributed by atoms with Crippen molar-refractivity contribution in [1.82, 2.24) is 4.98 Å². The number of thiazole rings is 1. The molecule has 1 aromatic heterocycles. The van der Waals surface area contributed by atoms with Crippen molar-refractivity contribution in [3.63, 3.8) is 0 Å². The number of halogens is 1. The van der Waals surface area contributed by atoms with Gasteiger partial charge in [-0.05, 0) is 30.4 Å². The molecule has 1 N–H and O–H groups in total. The Labute approximate surface area is 128 Å². The third-order valence-corrected chi connectivity index (χ3v) is 5.19. The summed E-state index contributed by atoms with van der Waals surface area (Å²) in [4.78, 5) is 7.30. The Bertz CT molecular complexity index is 668. The highest BCUT2D eigenvalue weighted by molar-refractivity contribution is 7.15. The quantitative estimate of drug-likeness (QED) is 0.909. The molecule has 0 amide bonds. The van der Waals surface area contributed by atoms with Gasteiger partial charge in [-0.3, -0.25) is 0 Å². The highest BCUT2D eigenvalue weighted by Crippen LogP contribution is 2.45. The number of hydrogen-bond donors (Lipinski definition) is 1. The molecule has 1 aliphatic carbocycles. The van der Waals surface area contributed by atoms with Gasteiger partial charge in [-0.15, -0.1) is 0 Å². The normalized spacial score (nSPS) is 20.1. The summed E-state index contributed by atoms with van der Waals surface area (Å²) in [6, 6.07) is 6.65. The minimum atomic E-state index is -0.468. The van der Waals surface area contributed by atoms with Crippen LogP contribution in [-0.2, 0) is 6.42 Å². The maximum atomic E-state index is 13.9. The van der Waals surface area contributed by atoms with Crippen LogP contribution in [0.1, 0.15) is 36.9 Å². The first-order valence-electron chi connectivity index (χ1n) is 7.03. The van der Waals surface area contributed by atoms with Gasteiger partial charge < -0.3 is 10.0 Å². The molecule has 3 nitrogen and oxygen atoms in total. The van der Waals surface area contributed by atoms with E-state index in [1.165, 1.54) is 17.4 Å². The fourth-order valence-electron chi connectivity index (χ4n) is 2.85. The Morgan fingerprint density at radius 1 is 1.38 bits per heavy atom. The molecule has 0 saturated heterocycles. The van der Waals surface area contributed by atoms with Crippen molar-refractivity contribution < 1.29 is 9.50 Å². The summed E-state index contributed by atoms with van der Waals surface area (Å²) in [5, 5.41) is 11.0. The summed E-state index contributed by atoms with van der Waals surface area (Å²) in [5.74, 6) is -0.269. The summed E-state index contributed by atoms with van der Waals surface area (Å²) in [6.07, 6.45) is 1.12. The van der Waals surface area contributed by atoms with E-state index in [1.54, 1.807) is 30.1 Å². The molecule has 21 heavy (non-hydrogen) atoms. The minimum Gasteiger partial charge on any atom is -0.387 e. The van der Waals surface area contributed by atoms with Gasteiger partial charge in [-0.1, -0.05) is 37.3 Å². The van der Waals surface area contributed by atoms with Gasteiger partial charge in [0.2, 0.25) is 0 Å². The number of aliphatic hydroxyl groups is 1. The highest BCUT2D eigenvalue weighted by atomic mass is 32.1. The topological polar surface area (TPSA) is 36.4 Å². The molecule has 3 rings (SSSR count). The molecule has 1 aliphatic rings. The van der Waals surface area contributed by atoms with Crippen LogP contribution in [0, 0.1) is 11.2 Å². The van der Waals surface area contributed by atoms with E-state index in [4.69, 9.17) is 0 Å². The van der Waals surface area contributed by atoms with Crippen molar-refractivity contribution in [1.29, 1.82) is 0 Å². The number of rotatable bonds is 2. The molecule has 0 saturated carbocycles. The summed E-state index contributed by atoms with van der Waals surface area (Å²) >= 11 is 1.45. The van der Waals surface area contributed by atoms with Crippen LogP contribution in [0.5, 0.6) is 0 Å². The molecule has 0 radical (unpaired) electrons. The molecule has 1 unspecified atom stereocenters. The Balaban J connectivity index is 1.97. The fraction of sp³-hybridized carbons (Fsp3) is 0.438. The third kappa shape index (κ3) is 2.68. The van der Waals surface area contributed by atoms with E-state index in [2.05, 4.69) is 18.8 Å². The summed E-state index contributed by atoms with van der Waals surface area (Å²) < 4.78 is 13.9. The fourth-order valence-corrected chi connectivity index (χ4v) is 3.89. The molecule has 112 valence electrons. The molecule has 0 fully saturated rings. The molecule has 1 atom stereocenters. The van der Waals surface area contributed by atoms with Crippen LogP contribution in [-0.4, -0.2) is 17.1 Å². The average Bonchev–Trinajstić information content (AvgIpc) is 2.81. The second kappa shape index (κ2) is 5.07. The van der Waals surface area contributed by atoms with E-state index in [0.29, 0.717) is 5.69 Å². The first-order valence-corrected chi connectivity index (χ1v) is 7.85. The van der Waals surface area contributed by atoms with Crippen LogP contribution in [0.25, 0.3) is 0 Å². The van der Waals surface area contributed by atoms with Gasteiger partial charge in [-0.25, -0.2) is 9.37 Å².